The average Bonchev–Trinajstić information content (AvgIpc) is 2.12. The van der Waals surface area contributed by atoms with Crippen molar-refractivity contribution in [2.45, 2.75) is 30.1 Å². The van der Waals surface area contributed by atoms with Crippen LogP contribution in [0.15, 0.2) is 0 Å². The molecule has 122 valence electrons. The fourth-order valence-electron chi connectivity index (χ4n) is 0.696. The van der Waals surface area contributed by atoms with Crippen LogP contribution < -0.4 is 51.4 Å². The van der Waals surface area contributed by atoms with Gasteiger partial charge in [-0.3, -0.25) is 0 Å². The third-order valence-corrected chi connectivity index (χ3v) is 2.03. The second-order valence-electron chi connectivity index (χ2n) is 3.03. The Labute approximate surface area is 152 Å². The quantitative estimate of drug-likeness (QED) is 0.387. The van der Waals surface area contributed by atoms with Crippen LogP contribution in [-0.4, -0.2) is 30.1 Å². The maximum absolute atomic E-state index is 12.5. The van der Waals surface area contributed by atoms with Crippen LogP contribution in [0.5, 0.6) is 0 Å². The molecule has 0 aliphatic carbocycles. The van der Waals surface area contributed by atoms with Crippen LogP contribution in [0, 0.1) is 0 Å². The predicted octanol–water partition coefficient (Wildman–Crippen LogP) is 0.292. The van der Waals surface area contributed by atoms with Gasteiger partial charge in [0.15, 0.2) is 0 Å². The molecule has 0 radical (unpaired) electrons. The standard InChI is InChI=1S/C5F11O3S.K/c6-1(7,2(8,9)4(12,13)14)3(10,11)5(15,16)19-20(17)18;/q-1;+1. The van der Waals surface area contributed by atoms with Gasteiger partial charge in [-0.25, -0.2) is 0 Å². The van der Waals surface area contributed by atoms with Crippen LogP contribution in [0.4, 0.5) is 48.3 Å². The minimum Gasteiger partial charge on any atom is -0.397 e. The molecule has 0 rings (SSSR count). The molecule has 0 unspecified atom stereocenters. The van der Waals surface area contributed by atoms with Gasteiger partial charge in [0.05, 0.1) is 11.0 Å². The van der Waals surface area contributed by atoms with E-state index in [0.717, 1.165) is 0 Å². The van der Waals surface area contributed by atoms with Gasteiger partial charge in [-0.15, -0.1) is 0 Å². The van der Waals surface area contributed by atoms with Gasteiger partial charge >= 0.3 is 81.4 Å². The summed E-state index contributed by atoms with van der Waals surface area (Å²) < 4.78 is 155. The first kappa shape index (κ1) is 24.0. The van der Waals surface area contributed by atoms with Crippen molar-refractivity contribution in [2.75, 3.05) is 0 Å². The number of rotatable bonds is 5. The zero-order chi connectivity index (χ0) is 16.8. The normalized spacial score (nSPS) is 15.0. The molecule has 0 fully saturated rings. The van der Waals surface area contributed by atoms with Crippen molar-refractivity contribution in [1.82, 2.24) is 0 Å². The minimum absolute atomic E-state index is 0. The molecule has 0 aromatic carbocycles. The number of hydrogen-bond donors (Lipinski definition) is 0. The predicted molar refractivity (Wildman–Crippen MR) is 35.7 cm³/mol. The molecule has 0 aliphatic heterocycles. The molecule has 0 spiro atoms. The summed E-state index contributed by atoms with van der Waals surface area (Å²) in [6.07, 6.45) is -14.2. The molecule has 0 aliphatic rings. The van der Waals surface area contributed by atoms with E-state index in [2.05, 4.69) is 0 Å². The summed E-state index contributed by atoms with van der Waals surface area (Å²) in [5.74, 6) is -22.8. The molecular formula is C5F11KO3S. The van der Waals surface area contributed by atoms with Gasteiger partial charge in [0.2, 0.25) is 0 Å². The molecule has 0 N–H and O–H groups in total. The number of halogens is 11. The summed E-state index contributed by atoms with van der Waals surface area (Å²) in [5, 5.41) is 0. The average molecular weight is 388 g/mol. The Bertz CT molecular complexity index is 434. The van der Waals surface area contributed by atoms with E-state index in [4.69, 9.17) is 0 Å². The summed E-state index contributed by atoms with van der Waals surface area (Å²) in [7, 11) is -4.60. The Kier molecular flexibility index (Phi) is 7.69. The number of hydrogen-bond acceptors (Lipinski definition) is 4. The van der Waals surface area contributed by atoms with Crippen molar-refractivity contribution in [2.24, 2.45) is 0 Å². The fourth-order valence-corrected chi connectivity index (χ4v) is 0.971. The SMILES string of the molecule is O=[S-](=O)OC(F)(F)C(F)(F)C(F)(F)C(F)(F)C(F)(F)F.[K+]. The van der Waals surface area contributed by atoms with Gasteiger partial charge in [-0.1, -0.05) is 0 Å². The van der Waals surface area contributed by atoms with E-state index >= 15 is 0 Å². The summed E-state index contributed by atoms with van der Waals surface area (Å²) in [5.41, 5.74) is 0. The monoisotopic (exact) mass is 388 g/mol. The molecule has 0 aromatic rings. The van der Waals surface area contributed by atoms with Crippen molar-refractivity contribution >= 4 is 11.0 Å². The zero-order valence-electron chi connectivity index (χ0n) is 9.29. The van der Waals surface area contributed by atoms with E-state index in [1.165, 1.54) is 0 Å². The van der Waals surface area contributed by atoms with E-state index in [-0.39, 0.29) is 51.4 Å². The first-order valence-corrected chi connectivity index (χ1v) is 4.78. The van der Waals surface area contributed by atoms with Gasteiger partial charge in [-0.2, -0.15) is 48.3 Å². The third kappa shape index (κ3) is 4.20. The zero-order valence-corrected chi connectivity index (χ0v) is 13.2. The summed E-state index contributed by atoms with van der Waals surface area (Å²) >= 11 is 0. The van der Waals surface area contributed by atoms with Crippen molar-refractivity contribution < 1.29 is 112 Å². The third-order valence-electron chi connectivity index (χ3n) is 1.68. The van der Waals surface area contributed by atoms with Gasteiger partial charge in [-0.05, 0) is 0 Å². The van der Waals surface area contributed by atoms with Gasteiger partial charge in [0, 0.05) is 0 Å². The Hall–Kier alpha value is 0.776. The second kappa shape index (κ2) is 6.72. The second-order valence-corrected chi connectivity index (χ2v) is 3.60. The van der Waals surface area contributed by atoms with Gasteiger partial charge < -0.3 is 12.6 Å². The van der Waals surface area contributed by atoms with E-state index in [1.807, 2.05) is 4.18 Å². The topological polar surface area (TPSA) is 43.4 Å². The molecule has 3 nitrogen and oxygen atoms in total. The Morgan fingerprint density at radius 1 is 0.619 bits per heavy atom. The summed E-state index contributed by atoms with van der Waals surface area (Å²) in [6.45, 7) is 0. The van der Waals surface area contributed by atoms with Crippen LogP contribution in [0.25, 0.3) is 0 Å². The van der Waals surface area contributed by atoms with Gasteiger partial charge in [0.25, 0.3) is 0 Å². The first-order chi connectivity index (χ1) is 8.42. The van der Waals surface area contributed by atoms with Crippen molar-refractivity contribution in [3.63, 3.8) is 0 Å². The molecule has 16 heteroatoms. The molecule has 0 aromatic heterocycles. The van der Waals surface area contributed by atoms with Crippen LogP contribution in [0.3, 0.4) is 0 Å². The number of alkyl halides is 11. The summed E-state index contributed by atoms with van der Waals surface area (Å²) in [4.78, 5) is 0. The fraction of sp³-hybridized carbons (Fsp3) is 1.00. The Morgan fingerprint density at radius 3 is 1.19 bits per heavy atom. The van der Waals surface area contributed by atoms with Gasteiger partial charge in [0.1, 0.15) is 0 Å². The maximum atomic E-state index is 12.5. The summed E-state index contributed by atoms with van der Waals surface area (Å²) in [6, 6.07) is 0. The first-order valence-electron chi connectivity index (χ1n) is 3.78. The molecule has 0 atom stereocenters. The molecule has 0 saturated carbocycles. The van der Waals surface area contributed by atoms with E-state index in [0.29, 0.717) is 0 Å². The van der Waals surface area contributed by atoms with E-state index in [1.54, 1.807) is 0 Å². The molecule has 0 saturated heterocycles. The molecule has 0 heterocycles. The van der Waals surface area contributed by atoms with Crippen LogP contribution in [-0.2, 0) is 23.6 Å². The van der Waals surface area contributed by atoms with E-state index < -0.39 is 41.0 Å². The molecule has 21 heavy (non-hydrogen) atoms. The minimum atomic E-state index is -7.69. The Balaban J connectivity index is 0. The largest absolute Gasteiger partial charge is 1.00 e. The van der Waals surface area contributed by atoms with Crippen LogP contribution in [0.2, 0.25) is 0 Å². The van der Waals surface area contributed by atoms with Crippen LogP contribution >= 0.6 is 0 Å². The van der Waals surface area contributed by atoms with Crippen LogP contribution in [0.1, 0.15) is 0 Å². The molecule has 0 bridgehead atoms. The van der Waals surface area contributed by atoms with E-state index in [9.17, 15) is 56.7 Å². The Morgan fingerprint density at radius 2 is 0.952 bits per heavy atom. The maximum Gasteiger partial charge on any atom is 1.00 e. The van der Waals surface area contributed by atoms with Crippen molar-refractivity contribution in [3.8, 4) is 0 Å². The van der Waals surface area contributed by atoms with Crippen molar-refractivity contribution in [3.05, 3.63) is 0 Å². The smallest absolute Gasteiger partial charge is 0.397 e. The van der Waals surface area contributed by atoms with Crippen molar-refractivity contribution in [1.29, 1.82) is 0 Å². The molecule has 0 amide bonds. The molecular weight excluding hydrogens is 388 g/mol.